The molecular weight excluding hydrogens is 215 g/mol. The fraction of sp³-hybridized carbons (Fsp3) is 0. The Kier molecular flexibility index (Phi) is 3.74. The lowest BCUT2D eigenvalue weighted by Crippen LogP contribution is -1.95. The summed E-state index contributed by atoms with van der Waals surface area (Å²) in [5.41, 5.74) is -0.317. The van der Waals surface area contributed by atoms with Crippen LogP contribution in [0.1, 0.15) is 0 Å². The highest BCUT2D eigenvalue weighted by Gasteiger charge is 2.03. The molecule has 0 amide bonds. The molecule has 0 fully saturated rings. The van der Waals surface area contributed by atoms with Crippen molar-refractivity contribution in [1.82, 2.24) is 0 Å². The second-order valence-electron chi connectivity index (χ2n) is 1.73. The third-order valence-electron chi connectivity index (χ3n) is 0.835. The number of aliphatic carboxylic acids is 1. The molecule has 2 nitrogen and oxygen atoms in total. The van der Waals surface area contributed by atoms with E-state index in [4.69, 9.17) is 5.11 Å². The van der Waals surface area contributed by atoms with E-state index in [0.717, 1.165) is 6.08 Å². The van der Waals surface area contributed by atoms with Gasteiger partial charge < -0.3 is 5.11 Å². The standard InChI is InChI=1S/C7H6BrFO2/c1-4(7(10)11)3-6(9)5(2)8/h3H,1-2H2,(H,10,11)/b6-3+. The molecule has 0 saturated carbocycles. The lowest BCUT2D eigenvalue weighted by molar-refractivity contribution is -0.132. The summed E-state index contributed by atoms with van der Waals surface area (Å²) in [4.78, 5) is 10.1. The van der Waals surface area contributed by atoms with Crippen molar-refractivity contribution in [3.8, 4) is 0 Å². The van der Waals surface area contributed by atoms with Crippen molar-refractivity contribution in [1.29, 1.82) is 0 Å². The summed E-state index contributed by atoms with van der Waals surface area (Å²) >= 11 is 2.75. The van der Waals surface area contributed by atoms with Gasteiger partial charge in [0.25, 0.3) is 0 Å². The maximum absolute atomic E-state index is 12.5. The average molecular weight is 221 g/mol. The van der Waals surface area contributed by atoms with Crippen LogP contribution >= 0.6 is 15.9 Å². The second kappa shape index (κ2) is 4.08. The Morgan fingerprint density at radius 3 is 2.27 bits per heavy atom. The summed E-state index contributed by atoms with van der Waals surface area (Å²) < 4.78 is 12.5. The van der Waals surface area contributed by atoms with Crippen LogP contribution in [0.2, 0.25) is 0 Å². The van der Waals surface area contributed by atoms with Gasteiger partial charge in [0.05, 0.1) is 5.57 Å². The summed E-state index contributed by atoms with van der Waals surface area (Å²) in [5.74, 6) is -1.99. The third kappa shape index (κ3) is 3.72. The lowest BCUT2D eigenvalue weighted by atomic mass is 10.3. The molecule has 0 aliphatic rings. The number of rotatable bonds is 3. The molecule has 11 heavy (non-hydrogen) atoms. The van der Waals surface area contributed by atoms with Gasteiger partial charge in [-0.2, -0.15) is 0 Å². The van der Waals surface area contributed by atoms with Crippen molar-refractivity contribution in [3.63, 3.8) is 0 Å². The molecule has 0 heterocycles. The summed E-state index contributed by atoms with van der Waals surface area (Å²) in [6, 6.07) is 0. The van der Waals surface area contributed by atoms with E-state index in [0.29, 0.717) is 0 Å². The molecule has 0 rings (SSSR count). The number of halogens is 2. The normalized spacial score (nSPS) is 10.9. The Morgan fingerprint density at radius 1 is 1.55 bits per heavy atom. The Morgan fingerprint density at radius 2 is 2.00 bits per heavy atom. The van der Waals surface area contributed by atoms with Crippen LogP contribution in [0.4, 0.5) is 4.39 Å². The second-order valence-corrected chi connectivity index (χ2v) is 2.68. The van der Waals surface area contributed by atoms with E-state index in [9.17, 15) is 9.18 Å². The van der Waals surface area contributed by atoms with Gasteiger partial charge in [0.1, 0.15) is 5.83 Å². The van der Waals surface area contributed by atoms with E-state index in [2.05, 4.69) is 29.1 Å². The molecule has 0 saturated heterocycles. The van der Waals surface area contributed by atoms with Gasteiger partial charge in [0, 0.05) is 4.48 Å². The van der Waals surface area contributed by atoms with Gasteiger partial charge in [-0.05, 0) is 22.0 Å². The number of hydrogen-bond acceptors (Lipinski definition) is 1. The molecule has 0 atom stereocenters. The van der Waals surface area contributed by atoms with Gasteiger partial charge in [-0.25, -0.2) is 9.18 Å². The Hall–Kier alpha value is -0.900. The molecule has 0 unspecified atom stereocenters. The summed E-state index contributed by atoms with van der Waals surface area (Å²) in [6.07, 6.45) is 0.791. The summed E-state index contributed by atoms with van der Waals surface area (Å²) in [5, 5.41) is 8.26. The minimum Gasteiger partial charge on any atom is -0.478 e. The van der Waals surface area contributed by atoms with Crippen LogP contribution in [0.5, 0.6) is 0 Å². The van der Waals surface area contributed by atoms with E-state index >= 15 is 0 Å². The molecular formula is C7H6BrFO2. The average Bonchev–Trinajstić information content (AvgIpc) is 1.87. The van der Waals surface area contributed by atoms with Crippen molar-refractivity contribution in [2.24, 2.45) is 0 Å². The van der Waals surface area contributed by atoms with Gasteiger partial charge in [-0.15, -0.1) is 0 Å². The minimum absolute atomic E-state index is 0.0000926. The fourth-order valence-electron chi connectivity index (χ4n) is 0.293. The first kappa shape index (κ1) is 10.1. The fourth-order valence-corrected chi connectivity index (χ4v) is 0.407. The highest BCUT2D eigenvalue weighted by atomic mass is 79.9. The maximum Gasteiger partial charge on any atom is 0.335 e. The summed E-state index contributed by atoms with van der Waals surface area (Å²) in [7, 11) is 0. The van der Waals surface area contributed by atoms with E-state index in [1.807, 2.05) is 0 Å². The molecule has 0 aliphatic heterocycles. The number of allylic oxidation sites excluding steroid dienone is 2. The SMILES string of the molecule is C=C(/C=C(/F)C(=C)Br)C(=O)O. The Labute approximate surface area is 71.8 Å². The van der Waals surface area contributed by atoms with Gasteiger partial charge in [0.15, 0.2) is 0 Å². The highest BCUT2D eigenvalue weighted by molar-refractivity contribution is 9.11. The Bertz CT molecular complexity index is 243. The predicted molar refractivity (Wildman–Crippen MR) is 44.0 cm³/mol. The van der Waals surface area contributed by atoms with Gasteiger partial charge in [-0.1, -0.05) is 13.2 Å². The number of carbonyl (C=O) groups is 1. The van der Waals surface area contributed by atoms with Crippen LogP contribution in [0.25, 0.3) is 0 Å². The molecule has 4 heteroatoms. The van der Waals surface area contributed by atoms with Crippen LogP contribution in [-0.2, 0) is 4.79 Å². The number of carboxylic acid groups (broad SMARTS) is 1. The first-order chi connectivity index (χ1) is 4.95. The predicted octanol–water partition coefficient (Wildman–Crippen LogP) is 2.39. The molecule has 0 aromatic rings. The molecule has 60 valence electrons. The monoisotopic (exact) mass is 220 g/mol. The zero-order valence-corrected chi connectivity index (χ0v) is 7.19. The summed E-state index contributed by atoms with van der Waals surface area (Å²) in [6.45, 7) is 6.31. The van der Waals surface area contributed by atoms with E-state index < -0.39 is 11.8 Å². The number of carboxylic acids is 1. The van der Waals surface area contributed by atoms with Crippen molar-refractivity contribution < 1.29 is 14.3 Å². The van der Waals surface area contributed by atoms with Crippen molar-refractivity contribution >= 4 is 21.9 Å². The largest absolute Gasteiger partial charge is 0.478 e. The third-order valence-corrected chi connectivity index (χ3v) is 1.21. The first-order valence-corrected chi connectivity index (χ1v) is 3.38. The zero-order chi connectivity index (χ0) is 9.02. The maximum atomic E-state index is 12.5. The molecule has 0 bridgehead atoms. The smallest absolute Gasteiger partial charge is 0.335 e. The highest BCUT2D eigenvalue weighted by Crippen LogP contribution is 2.17. The lowest BCUT2D eigenvalue weighted by Gasteiger charge is -1.92. The van der Waals surface area contributed by atoms with Crippen LogP contribution in [0.3, 0.4) is 0 Å². The van der Waals surface area contributed by atoms with Crippen LogP contribution < -0.4 is 0 Å². The van der Waals surface area contributed by atoms with E-state index in [1.165, 1.54) is 0 Å². The minimum atomic E-state index is -1.26. The molecule has 0 radical (unpaired) electrons. The van der Waals surface area contributed by atoms with Crippen LogP contribution in [0, 0.1) is 0 Å². The van der Waals surface area contributed by atoms with Gasteiger partial charge >= 0.3 is 5.97 Å². The van der Waals surface area contributed by atoms with Crippen molar-refractivity contribution in [2.75, 3.05) is 0 Å². The van der Waals surface area contributed by atoms with Crippen LogP contribution in [-0.4, -0.2) is 11.1 Å². The zero-order valence-electron chi connectivity index (χ0n) is 5.60. The molecule has 1 N–H and O–H groups in total. The topological polar surface area (TPSA) is 37.3 Å². The number of hydrogen-bond donors (Lipinski definition) is 1. The van der Waals surface area contributed by atoms with Crippen LogP contribution in [0.15, 0.2) is 35.1 Å². The van der Waals surface area contributed by atoms with E-state index in [1.54, 1.807) is 0 Å². The van der Waals surface area contributed by atoms with Gasteiger partial charge in [0.2, 0.25) is 0 Å². The Balaban J connectivity index is 4.44. The van der Waals surface area contributed by atoms with Gasteiger partial charge in [-0.3, -0.25) is 0 Å². The van der Waals surface area contributed by atoms with Crippen molar-refractivity contribution in [2.45, 2.75) is 0 Å². The molecule has 0 spiro atoms. The van der Waals surface area contributed by atoms with Crippen molar-refractivity contribution in [3.05, 3.63) is 35.1 Å². The van der Waals surface area contributed by atoms with E-state index in [-0.39, 0.29) is 10.1 Å². The molecule has 0 aromatic heterocycles. The quantitative estimate of drug-likeness (QED) is 0.586. The molecule has 0 aliphatic carbocycles. The molecule has 0 aromatic carbocycles. The first-order valence-electron chi connectivity index (χ1n) is 2.59.